The first-order valence-corrected chi connectivity index (χ1v) is 11.7. The fourth-order valence-electron chi connectivity index (χ4n) is 3.73. The number of carbonyl (C=O) groups is 1. The van der Waals surface area contributed by atoms with Gasteiger partial charge in [0.05, 0.1) is 0 Å². The maximum Gasteiger partial charge on any atom is 0.414 e. The van der Waals surface area contributed by atoms with Gasteiger partial charge in [-0.3, -0.25) is 4.90 Å². The van der Waals surface area contributed by atoms with Crippen molar-refractivity contribution in [1.29, 1.82) is 0 Å². The fourth-order valence-corrected chi connectivity index (χ4v) is 8.98. The summed E-state index contributed by atoms with van der Waals surface area (Å²) in [7, 11) is -0.250. The third kappa shape index (κ3) is 5.26. The molecule has 0 atom stereocenters. The van der Waals surface area contributed by atoms with E-state index in [4.69, 9.17) is 9.16 Å². The molecule has 0 aliphatic heterocycles. The van der Waals surface area contributed by atoms with E-state index in [2.05, 4.69) is 41.5 Å². The van der Waals surface area contributed by atoms with Crippen molar-refractivity contribution in [1.82, 2.24) is 0 Å². The molecule has 5 heteroatoms. The van der Waals surface area contributed by atoms with Crippen LogP contribution in [0.2, 0.25) is 16.6 Å². The quantitative estimate of drug-likeness (QED) is 0.522. The average molecular weight is 380 g/mol. The lowest BCUT2D eigenvalue weighted by Crippen LogP contribution is -2.50. The largest absolute Gasteiger partial charge is 0.543 e. The standard InChI is InChI=1S/C21H37NO3Si/c1-15(2)26(16(3)4,17(5)6)25-19-13-11-18(12-14-19)22(10)20(23)24-21(7,8)9/h11-17H,1-10H3. The zero-order chi connectivity index (χ0) is 20.3. The molecule has 0 spiro atoms. The Morgan fingerprint density at radius 1 is 0.923 bits per heavy atom. The number of rotatable bonds is 6. The zero-order valence-corrected chi connectivity index (χ0v) is 19.2. The highest BCUT2D eigenvalue weighted by Gasteiger charge is 2.46. The van der Waals surface area contributed by atoms with Crippen molar-refractivity contribution < 1.29 is 14.0 Å². The number of carbonyl (C=O) groups excluding carboxylic acids is 1. The first kappa shape index (κ1) is 22.5. The Hall–Kier alpha value is -1.49. The van der Waals surface area contributed by atoms with Gasteiger partial charge in [-0.15, -0.1) is 0 Å². The minimum absolute atomic E-state index is 0.360. The summed E-state index contributed by atoms with van der Waals surface area (Å²) in [6.45, 7) is 19.2. The van der Waals surface area contributed by atoms with Gasteiger partial charge in [-0.25, -0.2) is 4.79 Å². The Morgan fingerprint density at radius 3 is 1.69 bits per heavy atom. The van der Waals surface area contributed by atoms with Crippen LogP contribution in [0, 0.1) is 0 Å². The molecule has 4 nitrogen and oxygen atoms in total. The van der Waals surface area contributed by atoms with Gasteiger partial charge in [0.2, 0.25) is 0 Å². The van der Waals surface area contributed by atoms with E-state index in [1.165, 1.54) is 4.90 Å². The van der Waals surface area contributed by atoms with Crippen LogP contribution in [0.4, 0.5) is 10.5 Å². The highest BCUT2D eigenvalue weighted by Crippen LogP contribution is 2.42. The van der Waals surface area contributed by atoms with Crippen LogP contribution in [0.5, 0.6) is 5.75 Å². The molecule has 0 aliphatic carbocycles. The van der Waals surface area contributed by atoms with E-state index in [-0.39, 0.29) is 6.09 Å². The molecule has 26 heavy (non-hydrogen) atoms. The number of ether oxygens (including phenoxy) is 1. The molecule has 1 aromatic rings. The van der Waals surface area contributed by atoms with Gasteiger partial charge in [0.1, 0.15) is 11.4 Å². The molecule has 0 N–H and O–H groups in total. The monoisotopic (exact) mass is 379 g/mol. The molecule has 0 saturated heterocycles. The van der Waals surface area contributed by atoms with Crippen molar-refractivity contribution in [2.24, 2.45) is 0 Å². The SMILES string of the molecule is CC(C)[Si](Oc1ccc(N(C)C(=O)OC(C)(C)C)cc1)(C(C)C)C(C)C. The molecule has 1 rings (SSSR count). The van der Waals surface area contributed by atoms with E-state index in [0.717, 1.165) is 11.4 Å². The van der Waals surface area contributed by atoms with E-state index in [1.807, 2.05) is 45.0 Å². The average Bonchev–Trinajstić information content (AvgIpc) is 2.49. The van der Waals surface area contributed by atoms with Crippen LogP contribution < -0.4 is 9.33 Å². The lowest BCUT2D eigenvalue weighted by Gasteiger charge is -2.42. The molecule has 0 unspecified atom stereocenters. The molecular formula is C21H37NO3Si. The summed E-state index contributed by atoms with van der Waals surface area (Å²) in [6, 6.07) is 7.76. The van der Waals surface area contributed by atoms with Gasteiger partial charge in [-0.1, -0.05) is 41.5 Å². The summed E-state index contributed by atoms with van der Waals surface area (Å²) >= 11 is 0. The predicted molar refractivity (Wildman–Crippen MR) is 113 cm³/mol. The van der Waals surface area contributed by atoms with Crippen molar-refractivity contribution in [3.05, 3.63) is 24.3 Å². The number of anilines is 1. The summed E-state index contributed by atoms with van der Waals surface area (Å²) in [5.41, 5.74) is 1.84. The summed E-state index contributed by atoms with van der Waals surface area (Å²) in [5, 5.41) is 0. The Bertz CT molecular complexity index is 566. The molecule has 0 heterocycles. The lowest BCUT2D eigenvalue weighted by molar-refractivity contribution is 0.0589. The van der Waals surface area contributed by atoms with E-state index in [1.54, 1.807) is 7.05 Å². The van der Waals surface area contributed by atoms with E-state index >= 15 is 0 Å². The molecule has 0 radical (unpaired) electrons. The molecule has 0 fully saturated rings. The van der Waals surface area contributed by atoms with Crippen LogP contribution in [-0.2, 0) is 4.74 Å². The van der Waals surface area contributed by atoms with Crippen molar-refractivity contribution in [2.45, 2.75) is 84.5 Å². The third-order valence-corrected chi connectivity index (χ3v) is 10.9. The first-order chi connectivity index (χ1) is 11.8. The van der Waals surface area contributed by atoms with Crippen LogP contribution in [0.15, 0.2) is 24.3 Å². The number of amides is 1. The van der Waals surface area contributed by atoms with Crippen molar-refractivity contribution >= 4 is 20.1 Å². The fraction of sp³-hybridized carbons (Fsp3) is 0.667. The van der Waals surface area contributed by atoms with Gasteiger partial charge in [0.15, 0.2) is 0 Å². The Morgan fingerprint density at radius 2 is 1.35 bits per heavy atom. The van der Waals surface area contributed by atoms with Gasteiger partial charge in [-0.2, -0.15) is 0 Å². The molecule has 148 valence electrons. The summed E-state index contributed by atoms with van der Waals surface area (Å²) in [5.74, 6) is 0.883. The van der Waals surface area contributed by atoms with Gasteiger partial charge < -0.3 is 9.16 Å². The van der Waals surface area contributed by atoms with Crippen LogP contribution in [0.3, 0.4) is 0 Å². The second-order valence-corrected chi connectivity index (χ2v) is 14.3. The van der Waals surface area contributed by atoms with Gasteiger partial charge >= 0.3 is 6.09 Å². The second-order valence-electron chi connectivity index (χ2n) is 8.95. The van der Waals surface area contributed by atoms with Gasteiger partial charge in [0, 0.05) is 12.7 Å². The van der Waals surface area contributed by atoms with E-state index in [9.17, 15) is 4.79 Å². The topological polar surface area (TPSA) is 38.8 Å². The molecule has 1 aromatic carbocycles. The number of benzene rings is 1. The molecular weight excluding hydrogens is 342 g/mol. The maximum absolute atomic E-state index is 12.2. The number of nitrogens with zero attached hydrogens (tertiary/aromatic N) is 1. The molecule has 0 aliphatic rings. The van der Waals surface area contributed by atoms with Crippen molar-refractivity contribution in [3.63, 3.8) is 0 Å². The summed E-state index contributed by atoms with van der Waals surface area (Å²) in [6.07, 6.45) is -0.360. The van der Waals surface area contributed by atoms with Crippen LogP contribution >= 0.6 is 0 Å². The van der Waals surface area contributed by atoms with Crippen LogP contribution in [-0.4, -0.2) is 27.1 Å². The number of hydrogen-bond acceptors (Lipinski definition) is 3. The molecule has 0 bridgehead atoms. The van der Waals surface area contributed by atoms with Crippen molar-refractivity contribution in [3.8, 4) is 5.75 Å². The predicted octanol–water partition coefficient (Wildman–Crippen LogP) is 6.61. The molecule has 0 aromatic heterocycles. The minimum atomic E-state index is -1.97. The highest BCUT2D eigenvalue weighted by atomic mass is 28.4. The number of hydrogen-bond donors (Lipinski definition) is 0. The highest BCUT2D eigenvalue weighted by molar-refractivity contribution is 6.78. The molecule has 0 saturated carbocycles. The van der Waals surface area contributed by atoms with Gasteiger partial charge in [-0.05, 0) is 61.7 Å². The van der Waals surface area contributed by atoms with Crippen molar-refractivity contribution in [2.75, 3.05) is 11.9 Å². The summed E-state index contributed by atoms with van der Waals surface area (Å²) < 4.78 is 12.1. The Balaban J connectivity index is 3.01. The second kappa shape index (κ2) is 8.46. The minimum Gasteiger partial charge on any atom is -0.543 e. The Labute approximate surface area is 161 Å². The van der Waals surface area contributed by atoms with Crippen LogP contribution in [0.25, 0.3) is 0 Å². The maximum atomic E-state index is 12.2. The smallest absolute Gasteiger partial charge is 0.414 e. The summed E-state index contributed by atoms with van der Waals surface area (Å²) in [4.78, 5) is 13.7. The van der Waals surface area contributed by atoms with Gasteiger partial charge in [0.25, 0.3) is 8.32 Å². The first-order valence-electron chi connectivity index (χ1n) is 9.57. The Kier molecular flexibility index (Phi) is 7.34. The van der Waals surface area contributed by atoms with Crippen LogP contribution in [0.1, 0.15) is 62.3 Å². The third-order valence-electron chi connectivity index (χ3n) is 4.89. The zero-order valence-electron chi connectivity index (χ0n) is 18.2. The lowest BCUT2D eigenvalue weighted by atomic mass is 10.2. The normalized spacial score (nSPS) is 12.7. The van der Waals surface area contributed by atoms with E-state index < -0.39 is 13.9 Å². The van der Waals surface area contributed by atoms with E-state index in [0.29, 0.717) is 16.6 Å². The molecule has 1 amide bonds.